The molecule has 3 aromatic rings. The molecule has 1 saturated heterocycles. The average Bonchev–Trinajstić information content (AvgIpc) is 3.62. The van der Waals surface area contributed by atoms with Gasteiger partial charge in [-0.1, -0.05) is 12.1 Å². The van der Waals surface area contributed by atoms with Gasteiger partial charge in [-0.3, -0.25) is 14.4 Å². The number of β-amino-alcohol motifs (C(OH)–C–C–N with tert-alkyl or cyclic N) is 1. The molecule has 1 N–H and O–H groups in total. The Morgan fingerprint density at radius 2 is 1.67 bits per heavy atom. The second kappa shape index (κ2) is 13.2. The molecule has 51 heavy (non-hydrogen) atoms. The van der Waals surface area contributed by atoms with Crippen LogP contribution in [0.25, 0.3) is 11.1 Å². The van der Waals surface area contributed by atoms with Gasteiger partial charge in [0.25, 0.3) is 0 Å². The standard InChI is InChI=1S/C41H55N5O5/c1-28-21-32(9-12-34(28)50-6)41-17-14-40(15-18-41,16-19-41)27-45(35-22-30(13-20-42-35)31-23-43-46(24-31)38(2,3)4)36(47)29-7-10-33(11-8-29)51-37(48)44-25-39(5,49)26-44/h9,12-13,20-24,29,33,49H,7-8,10-11,14-19,25-27H2,1-6H3. The summed E-state index contributed by atoms with van der Waals surface area (Å²) in [6.07, 6.45) is 14.4. The quantitative estimate of drug-likeness (QED) is 0.261. The summed E-state index contributed by atoms with van der Waals surface area (Å²) in [4.78, 5) is 35.7. The zero-order valence-electron chi connectivity index (χ0n) is 31.3. The highest BCUT2D eigenvalue weighted by atomic mass is 16.6. The van der Waals surface area contributed by atoms with Crippen LogP contribution >= 0.6 is 0 Å². The van der Waals surface area contributed by atoms with Crippen molar-refractivity contribution in [3.8, 4) is 16.9 Å². The van der Waals surface area contributed by atoms with Gasteiger partial charge in [0.1, 0.15) is 17.7 Å². The number of carbonyl (C=O) groups excluding carboxylic acids is 2. The number of fused-ring (bicyclic) bond motifs is 3. The van der Waals surface area contributed by atoms with Crippen LogP contribution in [0.15, 0.2) is 48.9 Å². The van der Waals surface area contributed by atoms with Crippen LogP contribution in [0.4, 0.5) is 10.6 Å². The van der Waals surface area contributed by atoms with Crippen LogP contribution in [0.2, 0.25) is 0 Å². The maximum absolute atomic E-state index is 14.7. The van der Waals surface area contributed by atoms with Gasteiger partial charge in [-0.15, -0.1) is 0 Å². The molecule has 1 aliphatic heterocycles. The van der Waals surface area contributed by atoms with Gasteiger partial charge in [0.2, 0.25) is 5.91 Å². The first-order valence-corrected chi connectivity index (χ1v) is 18.8. The van der Waals surface area contributed by atoms with E-state index in [0.29, 0.717) is 51.1 Å². The minimum Gasteiger partial charge on any atom is -0.496 e. The molecule has 8 rings (SSSR count). The van der Waals surface area contributed by atoms with E-state index in [9.17, 15) is 14.7 Å². The molecule has 10 nitrogen and oxygen atoms in total. The van der Waals surface area contributed by atoms with Crippen molar-refractivity contribution in [1.82, 2.24) is 19.7 Å². The number of aryl methyl sites for hydroxylation is 1. The van der Waals surface area contributed by atoms with Gasteiger partial charge in [0, 0.05) is 30.4 Å². The van der Waals surface area contributed by atoms with E-state index < -0.39 is 5.60 Å². The van der Waals surface area contributed by atoms with E-state index in [-0.39, 0.29) is 40.4 Å². The van der Waals surface area contributed by atoms with Crippen LogP contribution in [0.5, 0.6) is 5.75 Å². The lowest BCUT2D eigenvalue weighted by Crippen LogP contribution is -2.62. The molecule has 0 radical (unpaired) electrons. The van der Waals surface area contributed by atoms with Gasteiger partial charge in [0.15, 0.2) is 0 Å². The number of likely N-dealkylation sites (tertiary alicyclic amines) is 1. The second-order valence-corrected chi connectivity index (χ2v) is 17.3. The minimum absolute atomic E-state index is 0.0406. The first-order valence-electron chi connectivity index (χ1n) is 18.8. The van der Waals surface area contributed by atoms with Crippen molar-refractivity contribution in [3.63, 3.8) is 0 Å². The predicted molar refractivity (Wildman–Crippen MR) is 197 cm³/mol. The molecule has 2 bridgehead atoms. The molecule has 0 spiro atoms. The Kier molecular flexibility index (Phi) is 9.22. The van der Waals surface area contributed by atoms with E-state index in [4.69, 9.17) is 14.5 Å². The summed E-state index contributed by atoms with van der Waals surface area (Å²) in [6.45, 7) is 11.5. The van der Waals surface area contributed by atoms with Crippen molar-refractivity contribution in [3.05, 3.63) is 60.0 Å². The lowest BCUT2D eigenvalue weighted by Gasteiger charge is -2.55. The zero-order chi connectivity index (χ0) is 36.2. The normalized spacial score (nSPS) is 27.1. The average molecular weight is 698 g/mol. The summed E-state index contributed by atoms with van der Waals surface area (Å²) < 4.78 is 13.3. The Morgan fingerprint density at radius 1 is 0.980 bits per heavy atom. The van der Waals surface area contributed by atoms with Crippen molar-refractivity contribution in [2.45, 2.75) is 121 Å². The number of aliphatic hydroxyl groups is 1. The molecular formula is C41H55N5O5. The van der Waals surface area contributed by atoms with Crippen LogP contribution < -0.4 is 9.64 Å². The first-order chi connectivity index (χ1) is 24.2. The fourth-order valence-corrected chi connectivity index (χ4v) is 9.10. The summed E-state index contributed by atoms with van der Waals surface area (Å²) in [7, 11) is 1.73. The van der Waals surface area contributed by atoms with Gasteiger partial charge >= 0.3 is 6.09 Å². The van der Waals surface area contributed by atoms with E-state index >= 15 is 0 Å². The molecule has 4 saturated carbocycles. The van der Waals surface area contributed by atoms with Crippen molar-refractivity contribution in [2.24, 2.45) is 11.3 Å². The Labute approximate surface area is 302 Å². The van der Waals surface area contributed by atoms with Crippen molar-refractivity contribution >= 4 is 17.8 Å². The summed E-state index contributed by atoms with van der Waals surface area (Å²) in [5.74, 6) is 1.59. The van der Waals surface area contributed by atoms with Crippen LogP contribution in [-0.2, 0) is 20.5 Å². The largest absolute Gasteiger partial charge is 0.496 e. The zero-order valence-corrected chi connectivity index (χ0v) is 31.3. The van der Waals surface area contributed by atoms with Crippen LogP contribution in [0, 0.1) is 18.3 Å². The molecule has 0 atom stereocenters. The van der Waals surface area contributed by atoms with Crippen LogP contribution in [0.1, 0.15) is 103 Å². The molecular weight excluding hydrogens is 642 g/mol. The van der Waals surface area contributed by atoms with Crippen molar-refractivity contribution in [2.75, 3.05) is 31.6 Å². The third-order valence-electron chi connectivity index (χ3n) is 12.4. The Balaban J connectivity index is 1.10. The molecule has 2 amide bonds. The summed E-state index contributed by atoms with van der Waals surface area (Å²) in [6, 6.07) is 10.8. The number of benzene rings is 1. The molecule has 2 aromatic heterocycles. The minimum atomic E-state index is -0.836. The molecule has 5 fully saturated rings. The van der Waals surface area contributed by atoms with Gasteiger partial charge in [-0.05, 0) is 145 Å². The fraction of sp³-hybridized carbons (Fsp3) is 0.610. The predicted octanol–water partition coefficient (Wildman–Crippen LogP) is 7.40. The number of hydrogen-bond acceptors (Lipinski definition) is 7. The number of ether oxygens (including phenoxy) is 2. The number of amides is 2. The first kappa shape index (κ1) is 35.5. The number of rotatable bonds is 8. The second-order valence-electron chi connectivity index (χ2n) is 17.3. The number of methoxy groups -OCH3 is 1. The number of hydrogen-bond donors (Lipinski definition) is 1. The molecule has 1 aromatic carbocycles. The van der Waals surface area contributed by atoms with Gasteiger partial charge in [-0.25, -0.2) is 9.78 Å². The van der Waals surface area contributed by atoms with Gasteiger partial charge in [-0.2, -0.15) is 5.10 Å². The Hall–Kier alpha value is -3.92. The number of nitrogens with zero attached hydrogens (tertiary/aromatic N) is 5. The summed E-state index contributed by atoms with van der Waals surface area (Å²) in [5.41, 5.74) is 3.84. The van der Waals surface area contributed by atoms with Gasteiger partial charge < -0.3 is 19.5 Å². The SMILES string of the molecule is COc1ccc(C23CCC(CN(C(=O)C4CCC(OC(=O)N5CC(C)(O)C5)CC4)c4cc(-c5cnn(C(C)(C)C)c5)ccn4)(CC2)CC3)cc1C. The third-order valence-corrected chi connectivity index (χ3v) is 12.4. The van der Waals surface area contributed by atoms with Gasteiger partial charge in [0.05, 0.1) is 37.5 Å². The molecule has 10 heteroatoms. The lowest BCUT2D eigenvalue weighted by molar-refractivity contribution is -0.125. The van der Waals surface area contributed by atoms with E-state index in [2.05, 4.69) is 63.3 Å². The fourth-order valence-electron chi connectivity index (χ4n) is 9.10. The Bertz CT molecular complexity index is 1730. The summed E-state index contributed by atoms with van der Waals surface area (Å²) in [5, 5.41) is 14.7. The number of aromatic nitrogens is 3. The van der Waals surface area contributed by atoms with Crippen molar-refractivity contribution in [1.29, 1.82) is 0 Å². The Morgan fingerprint density at radius 3 is 2.25 bits per heavy atom. The maximum atomic E-state index is 14.7. The molecule has 3 heterocycles. The van der Waals surface area contributed by atoms with E-state index in [0.717, 1.165) is 55.4 Å². The topological polar surface area (TPSA) is 110 Å². The molecule has 5 aliphatic rings. The lowest BCUT2D eigenvalue weighted by atomic mass is 9.51. The highest BCUT2D eigenvalue weighted by Gasteiger charge is 2.51. The summed E-state index contributed by atoms with van der Waals surface area (Å²) >= 11 is 0. The maximum Gasteiger partial charge on any atom is 0.410 e. The third kappa shape index (κ3) is 7.13. The van der Waals surface area contributed by atoms with Crippen LogP contribution in [0.3, 0.4) is 0 Å². The van der Waals surface area contributed by atoms with Crippen LogP contribution in [-0.4, -0.2) is 75.2 Å². The molecule has 274 valence electrons. The molecule has 0 unspecified atom stereocenters. The number of pyridine rings is 1. The number of carbonyl (C=O) groups is 2. The molecule has 4 aliphatic carbocycles. The monoisotopic (exact) mass is 697 g/mol. The van der Waals surface area contributed by atoms with E-state index in [1.54, 1.807) is 18.9 Å². The smallest absolute Gasteiger partial charge is 0.410 e. The number of anilines is 1. The highest BCUT2D eigenvalue weighted by molar-refractivity contribution is 5.95. The highest BCUT2D eigenvalue weighted by Crippen LogP contribution is 2.58. The van der Waals surface area contributed by atoms with Crippen molar-refractivity contribution < 1.29 is 24.2 Å². The van der Waals surface area contributed by atoms with E-state index in [1.807, 2.05) is 28.0 Å². The van der Waals surface area contributed by atoms with E-state index in [1.165, 1.54) is 11.1 Å².